The standard InChI is InChI=1S/C18H13ClF4N2O2/c19-13-6-5-11(8-12(13)18(21,22)23)24-17(27)10-7-16(26)25(9-10)15-4-2-1-3-14(15)20/h1-6,8,10H,7,9H2,(H,24,27)/t10-/m0/s1. The summed E-state index contributed by atoms with van der Waals surface area (Å²) in [6.45, 7) is -0.0642. The second kappa shape index (κ2) is 7.19. The number of carbonyl (C=O) groups is 2. The Labute approximate surface area is 156 Å². The maximum atomic E-state index is 13.9. The SMILES string of the molecule is O=C(Nc1ccc(Cl)c(C(F)(F)F)c1)[C@H]1CC(=O)N(c2ccccc2F)C1. The molecular formula is C18H13ClF4N2O2. The zero-order valence-corrected chi connectivity index (χ0v) is 14.4. The number of hydrogen-bond donors (Lipinski definition) is 1. The summed E-state index contributed by atoms with van der Waals surface area (Å²) in [5.41, 5.74) is -1.10. The van der Waals surface area contributed by atoms with Crippen molar-refractivity contribution in [2.75, 3.05) is 16.8 Å². The van der Waals surface area contributed by atoms with Gasteiger partial charge < -0.3 is 10.2 Å². The van der Waals surface area contributed by atoms with Crippen molar-refractivity contribution >= 4 is 34.8 Å². The van der Waals surface area contributed by atoms with E-state index in [1.165, 1.54) is 24.3 Å². The number of nitrogens with zero attached hydrogens (tertiary/aromatic N) is 1. The van der Waals surface area contributed by atoms with Crippen molar-refractivity contribution < 1.29 is 27.2 Å². The Balaban J connectivity index is 1.75. The first kappa shape index (κ1) is 19.2. The molecule has 0 unspecified atom stereocenters. The fraction of sp³-hybridized carbons (Fsp3) is 0.222. The number of halogens is 5. The summed E-state index contributed by atoms with van der Waals surface area (Å²) in [4.78, 5) is 25.7. The van der Waals surface area contributed by atoms with Crippen molar-refractivity contribution in [3.05, 3.63) is 58.9 Å². The van der Waals surface area contributed by atoms with Crippen LogP contribution in [0.25, 0.3) is 0 Å². The molecule has 142 valence electrons. The molecule has 4 nitrogen and oxygen atoms in total. The molecule has 1 aliphatic rings. The topological polar surface area (TPSA) is 49.4 Å². The van der Waals surface area contributed by atoms with Crippen molar-refractivity contribution in [1.29, 1.82) is 0 Å². The highest BCUT2D eigenvalue weighted by atomic mass is 35.5. The summed E-state index contributed by atoms with van der Waals surface area (Å²) in [5, 5.41) is 1.88. The summed E-state index contributed by atoms with van der Waals surface area (Å²) in [5.74, 6) is -2.48. The highest BCUT2D eigenvalue weighted by molar-refractivity contribution is 6.31. The Morgan fingerprint density at radius 1 is 1.19 bits per heavy atom. The average Bonchev–Trinajstić information content (AvgIpc) is 2.98. The second-order valence-electron chi connectivity index (χ2n) is 6.04. The Bertz CT molecular complexity index is 901. The molecule has 1 heterocycles. The lowest BCUT2D eigenvalue weighted by Gasteiger charge is -2.17. The molecule has 0 aliphatic carbocycles. The lowest BCUT2D eigenvalue weighted by molar-refractivity contribution is -0.137. The van der Waals surface area contributed by atoms with Gasteiger partial charge in [-0.2, -0.15) is 13.2 Å². The predicted octanol–water partition coefficient (Wildman–Crippen LogP) is 4.49. The van der Waals surface area contributed by atoms with Crippen molar-refractivity contribution in [1.82, 2.24) is 0 Å². The van der Waals surface area contributed by atoms with Gasteiger partial charge in [-0.05, 0) is 30.3 Å². The van der Waals surface area contributed by atoms with Crippen molar-refractivity contribution in [2.45, 2.75) is 12.6 Å². The summed E-state index contributed by atoms with van der Waals surface area (Å²) < 4.78 is 52.6. The molecule has 1 aliphatic heterocycles. The molecule has 0 aromatic heterocycles. The van der Waals surface area contributed by atoms with Gasteiger partial charge in [-0.3, -0.25) is 9.59 Å². The molecule has 1 fully saturated rings. The van der Waals surface area contributed by atoms with Crippen LogP contribution in [0.3, 0.4) is 0 Å². The fourth-order valence-electron chi connectivity index (χ4n) is 2.85. The number of hydrogen-bond acceptors (Lipinski definition) is 2. The number of nitrogens with one attached hydrogen (secondary N) is 1. The first-order valence-electron chi connectivity index (χ1n) is 7.89. The van der Waals surface area contributed by atoms with Crippen LogP contribution < -0.4 is 10.2 Å². The number of anilines is 2. The maximum absolute atomic E-state index is 13.9. The number of benzene rings is 2. The largest absolute Gasteiger partial charge is 0.417 e. The van der Waals surface area contributed by atoms with Crippen LogP contribution in [0.2, 0.25) is 5.02 Å². The monoisotopic (exact) mass is 400 g/mol. The zero-order valence-electron chi connectivity index (χ0n) is 13.7. The van der Waals surface area contributed by atoms with Gasteiger partial charge in [0.2, 0.25) is 11.8 Å². The third-order valence-electron chi connectivity index (χ3n) is 4.18. The van der Waals surface area contributed by atoms with Gasteiger partial charge in [0.1, 0.15) is 5.82 Å². The first-order chi connectivity index (χ1) is 12.7. The molecule has 1 atom stereocenters. The van der Waals surface area contributed by atoms with Crippen LogP contribution in [0.15, 0.2) is 42.5 Å². The van der Waals surface area contributed by atoms with Gasteiger partial charge in [-0.15, -0.1) is 0 Å². The van der Waals surface area contributed by atoms with E-state index in [-0.39, 0.29) is 24.3 Å². The van der Waals surface area contributed by atoms with Crippen LogP contribution in [0.4, 0.5) is 28.9 Å². The van der Waals surface area contributed by atoms with Crippen molar-refractivity contribution in [3.8, 4) is 0 Å². The van der Waals surface area contributed by atoms with Crippen LogP contribution in [0.5, 0.6) is 0 Å². The summed E-state index contributed by atoms with van der Waals surface area (Å²) in [6, 6.07) is 8.65. The number of carbonyl (C=O) groups excluding carboxylic acids is 2. The van der Waals surface area contributed by atoms with Crippen LogP contribution in [-0.4, -0.2) is 18.4 Å². The molecule has 0 saturated carbocycles. The average molecular weight is 401 g/mol. The van der Waals surface area contributed by atoms with E-state index in [0.717, 1.165) is 17.0 Å². The van der Waals surface area contributed by atoms with E-state index < -0.39 is 40.3 Å². The molecule has 1 N–H and O–H groups in total. The van der Waals surface area contributed by atoms with Crippen molar-refractivity contribution in [3.63, 3.8) is 0 Å². The number of amides is 2. The summed E-state index contributed by atoms with van der Waals surface area (Å²) in [7, 11) is 0. The molecule has 3 rings (SSSR count). The molecule has 2 aromatic carbocycles. The highest BCUT2D eigenvalue weighted by Crippen LogP contribution is 2.36. The van der Waals surface area contributed by atoms with Gasteiger partial charge in [0.15, 0.2) is 0 Å². The Morgan fingerprint density at radius 2 is 1.89 bits per heavy atom. The lowest BCUT2D eigenvalue weighted by Crippen LogP contribution is -2.28. The van der Waals surface area contributed by atoms with E-state index >= 15 is 0 Å². The van der Waals surface area contributed by atoms with Gasteiger partial charge in [0, 0.05) is 18.7 Å². The van der Waals surface area contributed by atoms with Gasteiger partial charge in [0.25, 0.3) is 0 Å². The Hall–Kier alpha value is -2.61. The van der Waals surface area contributed by atoms with Crippen LogP contribution in [0, 0.1) is 11.7 Å². The maximum Gasteiger partial charge on any atom is 0.417 e. The molecule has 0 radical (unpaired) electrons. The third-order valence-corrected chi connectivity index (χ3v) is 4.51. The minimum atomic E-state index is -4.66. The van der Waals surface area contributed by atoms with Crippen LogP contribution >= 0.6 is 11.6 Å². The summed E-state index contributed by atoms with van der Waals surface area (Å²) in [6.07, 6.45) is -4.83. The quantitative estimate of drug-likeness (QED) is 0.772. The molecule has 1 saturated heterocycles. The van der Waals surface area contributed by atoms with Gasteiger partial charge in [-0.1, -0.05) is 23.7 Å². The van der Waals surface area contributed by atoms with E-state index in [9.17, 15) is 27.2 Å². The predicted molar refractivity (Wildman–Crippen MR) is 91.9 cm³/mol. The van der Waals surface area contributed by atoms with E-state index in [1.54, 1.807) is 6.07 Å². The van der Waals surface area contributed by atoms with E-state index in [1.807, 2.05) is 0 Å². The Morgan fingerprint density at radius 3 is 2.56 bits per heavy atom. The lowest BCUT2D eigenvalue weighted by atomic mass is 10.1. The number of para-hydroxylation sites is 1. The minimum absolute atomic E-state index is 0.0589. The van der Waals surface area contributed by atoms with E-state index in [4.69, 9.17) is 11.6 Å². The smallest absolute Gasteiger partial charge is 0.326 e. The fourth-order valence-corrected chi connectivity index (χ4v) is 3.08. The molecule has 9 heteroatoms. The molecule has 0 spiro atoms. The highest BCUT2D eigenvalue weighted by Gasteiger charge is 2.37. The minimum Gasteiger partial charge on any atom is -0.326 e. The molecule has 2 amide bonds. The van der Waals surface area contributed by atoms with Gasteiger partial charge in [0.05, 0.1) is 22.2 Å². The number of alkyl halides is 3. The normalized spacial score (nSPS) is 17.3. The van der Waals surface area contributed by atoms with Gasteiger partial charge >= 0.3 is 6.18 Å². The molecule has 2 aromatic rings. The number of rotatable bonds is 3. The first-order valence-corrected chi connectivity index (χ1v) is 8.27. The molecule has 27 heavy (non-hydrogen) atoms. The zero-order chi connectivity index (χ0) is 19.8. The van der Waals surface area contributed by atoms with E-state index in [0.29, 0.717) is 0 Å². The van der Waals surface area contributed by atoms with Crippen LogP contribution in [0.1, 0.15) is 12.0 Å². The van der Waals surface area contributed by atoms with Crippen molar-refractivity contribution in [2.24, 2.45) is 5.92 Å². The van der Waals surface area contributed by atoms with Gasteiger partial charge in [-0.25, -0.2) is 4.39 Å². The second-order valence-corrected chi connectivity index (χ2v) is 6.45. The third kappa shape index (κ3) is 4.05. The molecular weight excluding hydrogens is 388 g/mol. The van der Waals surface area contributed by atoms with E-state index in [2.05, 4.69) is 5.32 Å². The van der Waals surface area contributed by atoms with Crippen LogP contribution in [-0.2, 0) is 15.8 Å². The summed E-state index contributed by atoms with van der Waals surface area (Å²) >= 11 is 5.55. The molecule has 0 bridgehead atoms. The Kier molecular flexibility index (Phi) is 5.10.